The van der Waals surface area contributed by atoms with Gasteiger partial charge < -0.3 is 10.1 Å². The Morgan fingerprint density at radius 3 is 2.69 bits per heavy atom. The molecule has 0 aromatic heterocycles. The Morgan fingerprint density at radius 1 is 1.19 bits per heavy atom. The fraction of sp³-hybridized carbons (Fsp3) is 0.923. The van der Waals surface area contributed by atoms with Gasteiger partial charge in [-0.25, -0.2) is 0 Å². The van der Waals surface area contributed by atoms with Crippen LogP contribution < -0.4 is 5.32 Å². The Morgan fingerprint density at radius 2 is 2.00 bits per heavy atom. The summed E-state index contributed by atoms with van der Waals surface area (Å²) in [5.41, 5.74) is 0. The molecule has 92 valence electrons. The Hall–Kier alpha value is -0.570. The molecule has 1 saturated carbocycles. The number of esters is 1. The summed E-state index contributed by atoms with van der Waals surface area (Å²) in [7, 11) is 0. The van der Waals surface area contributed by atoms with E-state index in [1.165, 1.54) is 19.3 Å². The number of hydrogen-bond acceptors (Lipinski definition) is 3. The number of carbonyl (C=O) groups excluding carboxylic acids is 1. The van der Waals surface area contributed by atoms with Crippen LogP contribution in [-0.2, 0) is 9.53 Å². The van der Waals surface area contributed by atoms with E-state index in [9.17, 15) is 4.79 Å². The van der Waals surface area contributed by atoms with Crippen LogP contribution in [0.15, 0.2) is 0 Å². The van der Waals surface area contributed by atoms with E-state index in [0.29, 0.717) is 5.92 Å². The maximum absolute atomic E-state index is 11.9. The quantitative estimate of drug-likeness (QED) is 0.731. The van der Waals surface area contributed by atoms with Crippen molar-refractivity contribution in [1.82, 2.24) is 5.32 Å². The predicted octanol–water partition coefficient (Wildman–Crippen LogP) is 2.11. The lowest BCUT2D eigenvalue weighted by Gasteiger charge is -2.30. The van der Waals surface area contributed by atoms with Crippen LogP contribution in [0.4, 0.5) is 0 Å². The van der Waals surface area contributed by atoms with Crippen molar-refractivity contribution in [1.29, 1.82) is 0 Å². The average molecular weight is 225 g/mol. The van der Waals surface area contributed by atoms with Crippen molar-refractivity contribution < 1.29 is 9.53 Å². The Bertz CT molecular complexity index is 236. The van der Waals surface area contributed by atoms with Gasteiger partial charge in [-0.3, -0.25) is 4.79 Å². The van der Waals surface area contributed by atoms with Gasteiger partial charge in [0.25, 0.3) is 0 Å². The molecule has 1 N–H and O–H groups in total. The summed E-state index contributed by atoms with van der Waals surface area (Å²) in [6, 6.07) is 0. The van der Waals surface area contributed by atoms with Crippen LogP contribution >= 0.6 is 0 Å². The first-order valence-electron chi connectivity index (χ1n) is 6.68. The highest BCUT2D eigenvalue weighted by Crippen LogP contribution is 2.27. The van der Waals surface area contributed by atoms with Crippen LogP contribution in [0.5, 0.6) is 0 Å². The number of ether oxygens (including phenoxy) is 1. The van der Waals surface area contributed by atoms with Crippen molar-refractivity contribution in [3.8, 4) is 0 Å². The smallest absolute Gasteiger partial charge is 0.310 e. The summed E-state index contributed by atoms with van der Waals surface area (Å²) in [4.78, 5) is 11.9. The third-order valence-corrected chi connectivity index (χ3v) is 3.93. The fourth-order valence-corrected chi connectivity index (χ4v) is 2.76. The van der Waals surface area contributed by atoms with E-state index in [0.717, 1.165) is 32.4 Å². The van der Waals surface area contributed by atoms with E-state index in [-0.39, 0.29) is 18.0 Å². The molecular formula is C13H23NO2. The van der Waals surface area contributed by atoms with Gasteiger partial charge in [0.05, 0.1) is 5.92 Å². The molecule has 1 heterocycles. The normalized spacial score (nSPS) is 35.7. The number of rotatable bonds is 2. The molecule has 2 rings (SSSR count). The van der Waals surface area contributed by atoms with Crippen LogP contribution in [-0.4, -0.2) is 25.2 Å². The molecule has 1 aliphatic carbocycles. The van der Waals surface area contributed by atoms with Gasteiger partial charge in [-0.15, -0.1) is 0 Å². The van der Waals surface area contributed by atoms with E-state index < -0.39 is 0 Å². The molecule has 16 heavy (non-hydrogen) atoms. The molecular weight excluding hydrogens is 202 g/mol. The van der Waals surface area contributed by atoms with Gasteiger partial charge in [0.1, 0.15) is 6.10 Å². The van der Waals surface area contributed by atoms with Crippen LogP contribution in [0.3, 0.4) is 0 Å². The van der Waals surface area contributed by atoms with Gasteiger partial charge in [-0.05, 0) is 44.6 Å². The molecule has 0 amide bonds. The summed E-state index contributed by atoms with van der Waals surface area (Å²) in [6.07, 6.45) is 7.05. The second-order valence-electron chi connectivity index (χ2n) is 5.28. The predicted molar refractivity (Wildman–Crippen MR) is 63.1 cm³/mol. The second-order valence-corrected chi connectivity index (χ2v) is 5.28. The molecule has 3 heteroatoms. The molecule has 2 aliphatic rings. The highest BCUT2D eigenvalue weighted by molar-refractivity contribution is 5.73. The Labute approximate surface area is 97.9 Å². The van der Waals surface area contributed by atoms with Crippen LogP contribution in [0.2, 0.25) is 0 Å². The molecule has 3 nitrogen and oxygen atoms in total. The fourth-order valence-electron chi connectivity index (χ4n) is 2.76. The number of hydrogen-bond donors (Lipinski definition) is 1. The van der Waals surface area contributed by atoms with Gasteiger partial charge >= 0.3 is 5.97 Å². The minimum Gasteiger partial charge on any atom is -0.462 e. The maximum atomic E-state index is 11.9. The van der Waals surface area contributed by atoms with E-state index in [1.54, 1.807) is 0 Å². The van der Waals surface area contributed by atoms with E-state index in [4.69, 9.17) is 4.74 Å². The Balaban J connectivity index is 1.80. The largest absolute Gasteiger partial charge is 0.462 e. The summed E-state index contributed by atoms with van der Waals surface area (Å²) < 4.78 is 5.66. The Kier molecular flexibility index (Phi) is 4.22. The molecule has 2 unspecified atom stereocenters. The van der Waals surface area contributed by atoms with E-state index in [2.05, 4.69) is 12.2 Å². The highest BCUT2D eigenvalue weighted by Gasteiger charge is 2.29. The highest BCUT2D eigenvalue weighted by atomic mass is 16.5. The second kappa shape index (κ2) is 5.67. The minimum atomic E-state index is 0.0333. The third kappa shape index (κ3) is 2.97. The molecule has 2 fully saturated rings. The molecule has 0 bridgehead atoms. The topological polar surface area (TPSA) is 38.3 Å². The minimum absolute atomic E-state index is 0.0333. The van der Waals surface area contributed by atoms with Gasteiger partial charge in [-0.2, -0.15) is 0 Å². The molecule has 1 aliphatic heterocycles. The van der Waals surface area contributed by atoms with Gasteiger partial charge in [-0.1, -0.05) is 13.3 Å². The zero-order valence-electron chi connectivity index (χ0n) is 10.2. The molecule has 0 aromatic rings. The number of nitrogens with one attached hydrogen (secondary N) is 1. The van der Waals surface area contributed by atoms with Crippen molar-refractivity contribution in [3.05, 3.63) is 0 Å². The molecule has 1 saturated heterocycles. The van der Waals surface area contributed by atoms with Crippen LogP contribution in [0, 0.1) is 11.8 Å². The first kappa shape index (κ1) is 11.9. The lowest BCUT2D eigenvalue weighted by molar-refractivity contribution is -0.158. The summed E-state index contributed by atoms with van der Waals surface area (Å²) >= 11 is 0. The van der Waals surface area contributed by atoms with Crippen molar-refractivity contribution in [2.45, 2.75) is 51.6 Å². The lowest BCUT2D eigenvalue weighted by Crippen LogP contribution is -2.38. The molecule has 0 aromatic carbocycles. The van der Waals surface area contributed by atoms with Crippen molar-refractivity contribution in [3.63, 3.8) is 0 Å². The first-order chi connectivity index (χ1) is 7.77. The van der Waals surface area contributed by atoms with Crippen molar-refractivity contribution in [2.75, 3.05) is 13.1 Å². The monoisotopic (exact) mass is 225 g/mol. The SMILES string of the molecule is CC1CCCCC1OC(=O)[C@@H]1CCCNC1. The maximum Gasteiger partial charge on any atom is 0.310 e. The summed E-state index contributed by atoms with van der Waals surface area (Å²) in [6.45, 7) is 4.06. The van der Waals surface area contributed by atoms with Crippen LogP contribution in [0.25, 0.3) is 0 Å². The first-order valence-corrected chi connectivity index (χ1v) is 6.68. The number of piperidine rings is 1. The molecule has 0 radical (unpaired) electrons. The average Bonchev–Trinajstić information content (AvgIpc) is 2.33. The van der Waals surface area contributed by atoms with Crippen molar-refractivity contribution >= 4 is 5.97 Å². The van der Waals surface area contributed by atoms with E-state index >= 15 is 0 Å². The molecule has 3 atom stereocenters. The van der Waals surface area contributed by atoms with Gasteiger partial charge in [0.15, 0.2) is 0 Å². The third-order valence-electron chi connectivity index (χ3n) is 3.93. The van der Waals surface area contributed by atoms with Gasteiger partial charge in [0.2, 0.25) is 0 Å². The van der Waals surface area contributed by atoms with E-state index in [1.807, 2.05) is 0 Å². The lowest BCUT2D eigenvalue weighted by atomic mass is 9.88. The summed E-state index contributed by atoms with van der Waals surface area (Å²) in [5, 5.41) is 3.26. The summed E-state index contributed by atoms with van der Waals surface area (Å²) in [5.74, 6) is 0.683. The van der Waals surface area contributed by atoms with Crippen LogP contribution in [0.1, 0.15) is 45.4 Å². The zero-order valence-corrected chi connectivity index (χ0v) is 10.2. The van der Waals surface area contributed by atoms with Gasteiger partial charge in [0, 0.05) is 6.54 Å². The molecule has 0 spiro atoms. The van der Waals surface area contributed by atoms with Crippen molar-refractivity contribution in [2.24, 2.45) is 11.8 Å². The standard InChI is InChI=1S/C13H23NO2/c1-10-5-2-3-7-12(10)16-13(15)11-6-4-8-14-9-11/h10-12,14H,2-9H2,1H3/t10?,11-,12?/m1/s1. The number of carbonyl (C=O) groups is 1. The zero-order chi connectivity index (χ0) is 11.4.